The van der Waals surface area contributed by atoms with Crippen LogP contribution in [0.15, 0.2) is 28.6 Å². The SMILES string of the molecule is CN1C(=O)c2c(O)c(=O)nc(CC3(C4=CC=CCC4)CCCC3)n2CC1CO. The van der Waals surface area contributed by atoms with Crippen molar-refractivity contribution in [3.8, 4) is 5.75 Å². The van der Waals surface area contributed by atoms with Crippen molar-refractivity contribution in [1.82, 2.24) is 14.5 Å². The van der Waals surface area contributed by atoms with Crippen molar-refractivity contribution in [2.24, 2.45) is 5.41 Å². The summed E-state index contributed by atoms with van der Waals surface area (Å²) < 4.78 is 1.67. The summed E-state index contributed by atoms with van der Waals surface area (Å²) in [5, 5.41) is 20.0. The Morgan fingerprint density at radius 2 is 2.04 bits per heavy atom. The molecule has 7 nitrogen and oxygen atoms in total. The molecule has 7 heteroatoms. The van der Waals surface area contributed by atoms with E-state index in [1.807, 2.05) is 0 Å². The molecule has 0 saturated heterocycles. The normalized spacial score (nSPS) is 23.6. The van der Waals surface area contributed by atoms with Crippen LogP contribution in [0, 0.1) is 5.41 Å². The first kappa shape index (κ1) is 18.9. The fourth-order valence-corrected chi connectivity index (χ4v) is 4.99. The van der Waals surface area contributed by atoms with Gasteiger partial charge in [0.05, 0.1) is 12.6 Å². The standard InChI is InChI=1S/C21H27N3O4/c1-23-15(13-25)12-24-16(22-19(27)18(26)17(24)20(23)28)11-21(9-5-6-10-21)14-7-3-2-4-8-14/h2-3,7,15,25-26H,4-6,8-13H2,1H3. The van der Waals surface area contributed by atoms with Crippen molar-refractivity contribution in [3.63, 3.8) is 0 Å². The van der Waals surface area contributed by atoms with Gasteiger partial charge in [0.25, 0.3) is 5.91 Å². The van der Waals surface area contributed by atoms with Crippen LogP contribution in [0.1, 0.15) is 54.8 Å². The van der Waals surface area contributed by atoms with Crippen LogP contribution >= 0.6 is 0 Å². The number of rotatable bonds is 4. The summed E-state index contributed by atoms with van der Waals surface area (Å²) in [5.41, 5.74) is 0.578. The summed E-state index contributed by atoms with van der Waals surface area (Å²) in [6.45, 7) is 0.133. The third-order valence-corrected chi connectivity index (χ3v) is 6.67. The van der Waals surface area contributed by atoms with Crippen LogP contribution < -0.4 is 5.56 Å². The quantitative estimate of drug-likeness (QED) is 0.824. The van der Waals surface area contributed by atoms with Crippen molar-refractivity contribution in [2.75, 3.05) is 13.7 Å². The van der Waals surface area contributed by atoms with E-state index in [2.05, 4.69) is 23.2 Å². The largest absolute Gasteiger partial charge is 0.501 e. The highest BCUT2D eigenvalue weighted by Gasteiger charge is 2.41. The summed E-state index contributed by atoms with van der Waals surface area (Å²) in [4.78, 5) is 30.7. The Morgan fingerprint density at radius 1 is 1.29 bits per heavy atom. The number of hydrogen-bond acceptors (Lipinski definition) is 5. The minimum absolute atomic E-state index is 0.00661. The van der Waals surface area contributed by atoms with Crippen molar-refractivity contribution in [1.29, 1.82) is 0 Å². The van der Waals surface area contributed by atoms with E-state index < -0.39 is 23.3 Å². The highest BCUT2D eigenvalue weighted by molar-refractivity contribution is 5.95. The number of carbonyl (C=O) groups excluding carboxylic acids is 1. The van der Waals surface area contributed by atoms with Crippen molar-refractivity contribution >= 4 is 5.91 Å². The molecule has 2 heterocycles. The fraction of sp³-hybridized carbons (Fsp3) is 0.571. The van der Waals surface area contributed by atoms with E-state index in [0.29, 0.717) is 18.8 Å². The Morgan fingerprint density at radius 3 is 2.68 bits per heavy atom. The number of amides is 1. The van der Waals surface area contributed by atoms with Crippen molar-refractivity contribution < 1.29 is 15.0 Å². The van der Waals surface area contributed by atoms with Gasteiger partial charge >= 0.3 is 5.56 Å². The fourth-order valence-electron chi connectivity index (χ4n) is 4.99. The first-order chi connectivity index (χ1) is 13.5. The number of aromatic hydroxyl groups is 1. The lowest BCUT2D eigenvalue weighted by Gasteiger charge is -2.37. The molecular weight excluding hydrogens is 358 g/mol. The second-order valence-corrected chi connectivity index (χ2v) is 8.22. The van der Waals surface area contributed by atoms with E-state index in [1.165, 1.54) is 10.5 Å². The molecule has 28 heavy (non-hydrogen) atoms. The summed E-state index contributed by atoms with van der Waals surface area (Å²) in [5.74, 6) is -0.517. The average molecular weight is 385 g/mol. The van der Waals surface area contributed by atoms with Gasteiger partial charge in [-0.15, -0.1) is 0 Å². The number of aromatic nitrogens is 2. The molecule has 2 aliphatic carbocycles. The molecule has 1 aromatic rings. The van der Waals surface area contributed by atoms with Crippen LogP contribution in [0.5, 0.6) is 5.75 Å². The lowest BCUT2D eigenvalue weighted by molar-refractivity contribution is 0.0545. The number of aliphatic hydroxyl groups excluding tert-OH is 1. The molecule has 1 aromatic heterocycles. The minimum atomic E-state index is -0.754. The molecule has 1 atom stereocenters. The third-order valence-electron chi connectivity index (χ3n) is 6.67. The summed E-state index contributed by atoms with van der Waals surface area (Å²) in [7, 11) is 1.58. The molecule has 150 valence electrons. The van der Waals surface area contributed by atoms with E-state index in [0.717, 1.165) is 38.5 Å². The Hall–Kier alpha value is -2.41. The van der Waals surface area contributed by atoms with Gasteiger partial charge in [0, 0.05) is 20.0 Å². The van der Waals surface area contributed by atoms with Gasteiger partial charge in [-0.3, -0.25) is 9.59 Å². The number of hydrogen-bond donors (Lipinski definition) is 2. The van der Waals surface area contributed by atoms with E-state index in [9.17, 15) is 19.8 Å². The number of fused-ring (bicyclic) bond motifs is 1. The molecule has 1 saturated carbocycles. The zero-order chi connectivity index (χ0) is 19.9. The van der Waals surface area contributed by atoms with Gasteiger partial charge in [-0.1, -0.05) is 36.6 Å². The maximum absolute atomic E-state index is 12.8. The molecule has 1 aliphatic heterocycles. The third kappa shape index (κ3) is 2.98. The van der Waals surface area contributed by atoms with Gasteiger partial charge in [0.1, 0.15) is 5.82 Å². The number of aliphatic hydroxyl groups is 1. The molecule has 3 aliphatic rings. The average Bonchev–Trinajstić information content (AvgIpc) is 3.18. The monoisotopic (exact) mass is 385 g/mol. The van der Waals surface area contributed by atoms with Crippen LogP contribution in [0.25, 0.3) is 0 Å². The molecule has 0 spiro atoms. The summed E-state index contributed by atoms with van der Waals surface area (Å²) in [6, 6.07) is -0.404. The van der Waals surface area contributed by atoms with Gasteiger partial charge in [-0.2, -0.15) is 4.98 Å². The Labute approximate surface area is 164 Å². The van der Waals surface area contributed by atoms with Gasteiger partial charge in [0.15, 0.2) is 5.69 Å². The summed E-state index contributed by atoms with van der Waals surface area (Å²) in [6.07, 6.45) is 13.4. The van der Waals surface area contributed by atoms with E-state index >= 15 is 0 Å². The van der Waals surface area contributed by atoms with Crippen LogP contribution in [0.4, 0.5) is 0 Å². The molecule has 1 unspecified atom stereocenters. The molecule has 4 rings (SSSR count). The van der Waals surface area contributed by atoms with Crippen LogP contribution in [0.2, 0.25) is 0 Å². The van der Waals surface area contributed by atoms with Gasteiger partial charge in [-0.05, 0) is 31.1 Å². The van der Waals surface area contributed by atoms with Crippen molar-refractivity contribution in [3.05, 3.63) is 45.7 Å². The lowest BCUT2D eigenvalue weighted by Crippen LogP contribution is -2.49. The first-order valence-electron chi connectivity index (χ1n) is 10.0. The highest BCUT2D eigenvalue weighted by Crippen LogP contribution is 2.48. The topological polar surface area (TPSA) is 95.7 Å². The zero-order valence-corrected chi connectivity index (χ0v) is 16.2. The maximum Gasteiger partial charge on any atom is 0.315 e. The number of allylic oxidation sites excluding steroid dienone is 4. The van der Waals surface area contributed by atoms with E-state index in [1.54, 1.807) is 11.6 Å². The van der Waals surface area contributed by atoms with Crippen molar-refractivity contribution in [2.45, 2.75) is 57.5 Å². The first-order valence-corrected chi connectivity index (χ1v) is 10.0. The van der Waals surface area contributed by atoms with Crippen LogP contribution in [0.3, 0.4) is 0 Å². The molecule has 0 radical (unpaired) electrons. The molecule has 1 fully saturated rings. The number of likely N-dealkylation sites (N-methyl/N-ethyl adjacent to an activating group) is 1. The molecule has 0 aromatic carbocycles. The second kappa shape index (κ2) is 7.20. The van der Waals surface area contributed by atoms with Gasteiger partial charge < -0.3 is 19.7 Å². The van der Waals surface area contributed by atoms with E-state index in [-0.39, 0.29) is 17.7 Å². The van der Waals surface area contributed by atoms with Crippen LogP contribution in [-0.4, -0.2) is 50.3 Å². The highest BCUT2D eigenvalue weighted by atomic mass is 16.3. The Kier molecular flexibility index (Phi) is 4.87. The molecular formula is C21H27N3O4. The lowest BCUT2D eigenvalue weighted by atomic mass is 9.72. The molecule has 0 bridgehead atoms. The Bertz CT molecular complexity index is 909. The molecule has 1 amide bonds. The Balaban J connectivity index is 1.81. The predicted octanol–water partition coefficient (Wildman–Crippen LogP) is 1.77. The van der Waals surface area contributed by atoms with Gasteiger partial charge in [0.2, 0.25) is 5.75 Å². The zero-order valence-electron chi connectivity index (χ0n) is 16.2. The predicted molar refractivity (Wildman–Crippen MR) is 104 cm³/mol. The minimum Gasteiger partial charge on any atom is -0.501 e. The second-order valence-electron chi connectivity index (χ2n) is 8.22. The number of carbonyl (C=O) groups is 1. The van der Waals surface area contributed by atoms with Gasteiger partial charge in [-0.25, -0.2) is 0 Å². The number of nitrogens with zero attached hydrogens (tertiary/aromatic N) is 3. The van der Waals surface area contributed by atoms with Crippen LogP contribution in [-0.2, 0) is 13.0 Å². The smallest absolute Gasteiger partial charge is 0.315 e. The van der Waals surface area contributed by atoms with E-state index in [4.69, 9.17) is 0 Å². The molecule has 2 N–H and O–H groups in total. The summed E-state index contributed by atoms with van der Waals surface area (Å²) >= 11 is 0. The maximum atomic E-state index is 12.8.